The number of nitrogens with one attached hydrogen (secondary N) is 1. The first-order chi connectivity index (χ1) is 9.36. The van der Waals surface area contributed by atoms with Crippen molar-refractivity contribution in [2.75, 3.05) is 26.0 Å². The van der Waals surface area contributed by atoms with Crippen LogP contribution in [0.2, 0.25) is 0 Å². The summed E-state index contributed by atoms with van der Waals surface area (Å²) in [6.45, 7) is -1.45. The lowest BCUT2D eigenvalue weighted by molar-refractivity contribution is -0.166. The number of aromatic nitrogens is 1. The van der Waals surface area contributed by atoms with Crippen LogP contribution < -0.4 is 11.1 Å². The molecule has 1 unspecified atom stereocenters. The third-order valence-corrected chi connectivity index (χ3v) is 2.73. The zero-order valence-electron chi connectivity index (χ0n) is 11.0. The molecule has 1 rings (SSSR count). The second kappa shape index (κ2) is 7.39. The summed E-state index contributed by atoms with van der Waals surface area (Å²) in [7, 11) is 1.62. The van der Waals surface area contributed by atoms with E-state index in [1.165, 1.54) is 6.20 Å². The number of likely N-dealkylation sites (N-methyl/N-ethyl adjacent to an activating group) is 1. The molecule has 8 heteroatoms. The van der Waals surface area contributed by atoms with Crippen LogP contribution in [0.25, 0.3) is 0 Å². The Kier molecular flexibility index (Phi) is 6.15. The SMILES string of the molecule is CNC(COCC(F)(F)C(F)F)Cc1cccnc1N. The molecule has 1 heterocycles. The van der Waals surface area contributed by atoms with E-state index in [0.717, 1.165) is 5.56 Å². The molecule has 0 aliphatic carbocycles. The number of hydrogen-bond donors (Lipinski definition) is 2. The number of halogens is 4. The fourth-order valence-electron chi connectivity index (χ4n) is 1.53. The molecule has 0 radical (unpaired) electrons. The third kappa shape index (κ3) is 4.93. The van der Waals surface area contributed by atoms with E-state index in [9.17, 15) is 17.6 Å². The molecule has 4 nitrogen and oxygen atoms in total. The lowest BCUT2D eigenvalue weighted by atomic mass is 10.1. The van der Waals surface area contributed by atoms with Gasteiger partial charge in [-0.3, -0.25) is 0 Å². The van der Waals surface area contributed by atoms with Gasteiger partial charge in [0.1, 0.15) is 12.4 Å². The van der Waals surface area contributed by atoms with Gasteiger partial charge in [-0.25, -0.2) is 13.8 Å². The normalized spacial score (nSPS) is 13.7. The summed E-state index contributed by atoms with van der Waals surface area (Å²) in [5.74, 6) is -3.79. The topological polar surface area (TPSA) is 60.2 Å². The highest BCUT2D eigenvalue weighted by atomic mass is 19.3. The number of hydrogen-bond acceptors (Lipinski definition) is 4. The van der Waals surface area contributed by atoms with E-state index in [1.54, 1.807) is 19.2 Å². The molecular weight excluding hydrogens is 278 g/mol. The van der Waals surface area contributed by atoms with E-state index in [2.05, 4.69) is 15.0 Å². The van der Waals surface area contributed by atoms with Crippen LogP contribution in [0.3, 0.4) is 0 Å². The number of nitrogen functional groups attached to an aromatic ring is 1. The first-order valence-electron chi connectivity index (χ1n) is 5.97. The van der Waals surface area contributed by atoms with Crippen molar-refractivity contribution in [3.63, 3.8) is 0 Å². The van der Waals surface area contributed by atoms with Gasteiger partial charge >= 0.3 is 12.3 Å². The van der Waals surface area contributed by atoms with Crippen LogP contribution in [0.15, 0.2) is 18.3 Å². The van der Waals surface area contributed by atoms with Gasteiger partial charge in [0.15, 0.2) is 0 Å². The Morgan fingerprint density at radius 3 is 2.70 bits per heavy atom. The molecule has 0 aliphatic heterocycles. The van der Waals surface area contributed by atoms with Crippen molar-refractivity contribution in [2.24, 2.45) is 0 Å². The van der Waals surface area contributed by atoms with Crippen molar-refractivity contribution < 1.29 is 22.3 Å². The van der Waals surface area contributed by atoms with E-state index in [4.69, 9.17) is 5.73 Å². The van der Waals surface area contributed by atoms with Crippen molar-refractivity contribution in [2.45, 2.75) is 24.8 Å². The summed E-state index contributed by atoms with van der Waals surface area (Å²) >= 11 is 0. The van der Waals surface area contributed by atoms with E-state index in [-0.39, 0.29) is 12.6 Å². The minimum absolute atomic E-state index is 0.132. The second-order valence-electron chi connectivity index (χ2n) is 4.31. The molecule has 114 valence electrons. The zero-order valence-corrected chi connectivity index (χ0v) is 11.0. The fraction of sp³-hybridized carbons (Fsp3) is 0.583. The molecule has 0 saturated carbocycles. The van der Waals surface area contributed by atoms with Crippen molar-refractivity contribution in [1.29, 1.82) is 0 Å². The molecule has 1 aromatic rings. The zero-order chi connectivity index (χ0) is 15.2. The molecule has 20 heavy (non-hydrogen) atoms. The Morgan fingerprint density at radius 1 is 1.45 bits per heavy atom. The first kappa shape index (κ1) is 16.6. The van der Waals surface area contributed by atoms with E-state index in [0.29, 0.717) is 12.2 Å². The highest BCUT2D eigenvalue weighted by Crippen LogP contribution is 2.23. The summed E-state index contributed by atoms with van der Waals surface area (Å²) in [5.41, 5.74) is 6.39. The molecule has 0 saturated heterocycles. The van der Waals surface area contributed by atoms with E-state index >= 15 is 0 Å². The summed E-state index contributed by atoms with van der Waals surface area (Å²) in [6.07, 6.45) is -1.80. The van der Waals surface area contributed by atoms with Crippen molar-refractivity contribution in [1.82, 2.24) is 10.3 Å². The molecule has 3 N–H and O–H groups in total. The number of nitrogens with zero attached hydrogens (tertiary/aromatic N) is 1. The average molecular weight is 295 g/mol. The average Bonchev–Trinajstić information content (AvgIpc) is 2.39. The smallest absolute Gasteiger partial charge is 0.330 e. The van der Waals surface area contributed by atoms with Gasteiger partial charge in [0, 0.05) is 12.2 Å². The standard InChI is InChI=1S/C12H17F4N3O/c1-18-9(5-8-3-2-4-19-10(8)17)6-20-7-12(15,16)11(13)14/h2-4,9,11,18H,5-7H2,1H3,(H2,17,19). The lowest BCUT2D eigenvalue weighted by Gasteiger charge is -2.20. The highest BCUT2D eigenvalue weighted by molar-refractivity contribution is 5.38. The largest absolute Gasteiger partial charge is 0.383 e. The minimum atomic E-state index is -4.13. The van der Waals surface area contributed by atoms with Gasteiger partial charge in [-0.15, -0.1) is 0 Å². The summed E-state index contributed by atoms with van der Waals surface area (Å²) in [6, 6.07) is 3.12. The van der Waals surface area contributed by atoms with Crippen LogP contribution in [0.1, 0.15) is 5.56 Å². The quantitative estimate of drug-likeness (QED) is 0.717. The Balaban J connectivity index is 2.47. The van der Waals surface area contributed by atoms with Crippen LogP contribution in [-0.2, 0) is 11.2 Å². The number of nitrogens with two attached hydrogens (primary N) is 1. The summed E-state index contributed by atoms with van der Waals surface area (Å²) in [4.78, 5) is 3.90. The van der Waals surface area contributed by atoms with Crippen LogP contribution in [0.5, 0.6) is 0 Å². The Bertz CT molecular complexity index is 417. The van der Waals surface area contributed by atoms with Crippen molar-refractivity contribution in [3.8, 4) is 0 Å². The first-order valence-corrected chi connectivity index (χ1v) is 5.97. The maximum atomic E-state index is 12.7. The van der Waals surface area contributed by atoms with Gasteiger partial charge in [-0.2, -0.15) is 8.78 Å². The van der Waals surface area contributed by atoms with Crippen LogP contribution in [0.4, 0.5) is 23.4 Å². The number of rotatable bonds is 8. The molecule has 1 atom stereocenters. The Labute approximate surface area is 114 Å². The number of anilines is 1. The number of alkyl halides is 4. The van der Waals surface area contributed by atoms with Crippen LogP contribution in [0, 0.1) is 0 Å². The molecule has 0 spiro atoms. The third-order valence-electron chi connectivity index (χ3n) is 2.73. The highest BCUT2D eigenvalue weighted by Gasteiger charge is 2.41. The van der Waals surface area contributed by atoms with Gasteiger partial charge in [0.2, 0.25) is 0 Å². The van der Waals surface area contributed by atoms with Crippen molar-refractivity contribution in [3.05, 3.63) is 23.9 Å². The predicted molar refractivity (Wildman–Crippen MR) is 67.0 cm³/mol. The molecule has 0 aliphatic rings. The maximum Gasteiger partial charge on any atom is 0.330 e. The Morgan fingerprint density at radius 2 is 2.15 bits per heavy atom. The van der Waals surface area contributed by atoms with Crippen LogP contribution in [-0.4, -0.2) is 43.6 Å². The van der Waals surface area contributed by atoms with Gasteiger partial charge < -0.3 is 15.8 Å². The van der Waals surface area contributed by atoms with Gasteiger partial charge in [0.25, 0.3) is 0 Å². The van der Waals surface area contributed by atoms with Crippen LogP contribution >= 0.6 is 0 Å². The van der Waals surface area contributed by atoms with Crippen molar-refractivity contribution >= 4 is 5.82 Å². The number of ether oxygens (including phenoxy) is 1. The minimum Gasteiger partial charge on any atom is -0.383 e. The van der Waals surface area contributed by atoms with Gasteiger partial charge in [-0.05, 0) is 25.1 Å². The maximum absolute atomic E-state index is 12.7. The second-order valence-corrected chi connectivity index (χ2v) is 4.31. The monoisotopic (exact) mass is 295 g/mol. The lowest BCUT2D eigenvalue weighted by Crippen LogP contribution is -2.37. The van der Waals surface area contributed by atoms with E-state index < -0.39 is 19.0 Å². The summed E-state index contributed by atoms with van der Waals surface area (Å²) < 4.78 is 53.9. The Hall–Kier alpha value is -1.41. The van der Waals surface area contributed by atoms with E-state index in [1.807, 2.05) is 0 Å². The van der Waals surface area contributed by atoms with Gasteiger partial charge in [-0.1, -0.05) is 6.07 Å². The number of pyridine rings is 1. The molecule has 1 aromatic heterocycles. The summed E-state index contributed by atoms with van der Waals surface area (Å²) in [5, 5.41) is 2.85. The predicted octanol–water partition coefficient (Wildman–Crippen LogP) is 1.71. The molecule has 0 amide bonds. The molecule has 0 fully saturated rings. The fourth-order valence-corrected chi connectivity index (χ4v) is 1.53. The molecule has 0 aromatic carbocycles. The molecular formula is C12H17F4N3O. The van der Waals surface area contributed by atoms with Gasteiger partial charge in [0.05, 0.1) is 6.61 Å². The molecule has 0 bridgehead atoms.